The Labute approximate surface area is 121 Å². The standard InChI is InChI=1S/C13H17FN4O3/c14-9-2-1-8(15)5-10(9)17-12(19)6-18-3-4-21-7-11(18)13(16)20/h1-2,5,11H,3-4,6-7,15H2,(H2,16,20)(H,17,19). The van der Waals surface area contributed by atoms with Crippen molar-refractivity contribution in [2.45, 2.75) is 6.04 Å². The molecule has 0 aromatic heterocycles. The molecule has 1 saturated heterocycles. The third kappa shape index (κ3) is 3.89. The summed E-state index contributed by atoms with van der Waals surface area (Å²) >= 11 is 0. The van der Waals surface area contributed by atoms with Gasteiger partial charge in [0.05, 0.1) is 25.4 Å². The van der Waals surface area contributed by atoms with Gasteiger partial charge in [0.2, 0.25) is 11.8 Å². The molecule has 1 aliphatic rings. The van der Waals surface area contributed by atoms with Gasteiger partial charge in [-0.2, -0.15) is 0 Å². The second-order valence-electron chi connectivity index (χ2n) is 4.75. The van der Waals surface area contributed by atoms with E-state index in [1.54, 1.807) is 4.90 Å². The molecule has 1 unspecified atom stereocenters. The van der Waals surface area contributed by atoms with Gasteiger partial charge in [-0.3, -0.25) is 14.5 Å². The van der Waals surface area contributed by atoms with Crippen molar-refractivity contribution in [1.29, 1.82) is 0 Å². The van der Waals surface area contributed by atoms with Crippen molar-refractivity contribution in [2.75, 3.05) is 37.4 Å². The van der Waals surface area contributed by atoms with Gasteiger partial charge in [0, 0.05) is 12.2 Å². The average Bonchev–Trinajstić information content (AvgIpc) is 2.43. The molecular weight excluding hydrogens is 279 g/mol. The van der Waals surface area contributed by atoms with Crippen molar-refractivity contribution in [2.24, 2.45) is 5.73 Å². The number of carbonyl (C=O) groups excluding carboxylic acids is 2. The summed E-state index contributed by atoms with van der Waals surface area (Å²) in [6.45, 7) is 0.880. The molecule has 1 heterocycles. The molecule has 0 saturated carbocycles. The zero-order valence-corrected chi connectivity index (χ0v) is 11.3. The molecule has 114 valence electrons. The monoisotopic (exact) mass is 296 g/mol. The van der Waals surface area contributed by atoms with Crippen LogP contribution in [-0.4, -0.2) is 49.1 Å². The molecule has 1 fully saturated rings. The van der Waals surface area contributed by atoms with Crippen molar-refractivity contribution in [3.05, 3.63) is 24.0 Å². The number of nitrogen functional groups attached to an aromatic ring is 1. The highest BCUT2D eigenvalue weighted by atomic mass is 19.1. The maximum absolute atomic E-state index is 13.5. The van der Waals surface area contributed by atoms with Crippen LogP contribution in [-0.2, 0) is 14.3 Å². The van der Waals surface area contributed by atoms with Gasteiger partial charge in [-0.1, -0.05) is 0 Å². The van der Waals surface area contributed by atoms with Crippen LogP contribution >= 0.6 is 0 Å². The topological polar surface area (TPSA) is 111 Å². The van der Waals surface area contributed by atoms with Gasteiger partial charge < -0.3 is 21.5 Å². The van der Waals surface area contributed by atoms with E-state index < -0.39 is 23.7 Å². The highest BCUT2D eigenvalue weighted by molar-refractivity contribution is 5.93. The van der Waals surface area contributed by atoms with E-state index in [4.69, 9.17) is 16.2 Å². The van der Waals surface area contributed by atoms with Crippen molar-refractivity contribution in [3.8, 4) is 0 Å². The molecular formula is C13H17FN4O3. The Morgan fingerprint density at radius 3 is 2.95 bits per heavy atom. The number of amides is 2. The molecule has 2 amide bonds. The molecule has 1 aliphatic heterocycles. The first-order valence-corrected chi connectivity index (χ1v) is 6.43. The van der Waals surface area contributed by atoms with Crippen LogP contribution < -0.4 is 16.8 Å². The van der Waals surface area contributed by atoms with Crippen LogP contribution in [0.4, 0.5) is 15.8 Å². The number of primary amides is 1. The van der Waals surface area contributed by atoms with Crippen LogP contribution in [0.25, 0.3) is 0 Å². The lowest BCUT2D eigenvalue weighted by molar-refractivity contribution is -0.131. The van der Waals surface area contributed by atoms with Crippen molar-refractivity contribution >= 4 is 23.2 Å². The lowest BCUT2D eigenvalue weighted by Crippen LogP contribution is -2.54. The van der Waals surface area contributed by atoms with Crippen LogP contribution in [0.5, 0.6) is 0 Å². The fourth-order valence-electron chi connectivity index (χ4n) is 2.10. The number of anilines is 2. The second-order valence-corrected chi connectivity index (χ2v) is 4.75. The summed E-state index contributed by atoms with van der Waals surface area (Å²) in [7, 11) is 0. The van der Waals surface area contributed by atoms with Gasteiger partial charge in [0.15, 0.2) is 0 Å². The molecule has 0 spiro atoms. The Bertz CT molecular complexity index is 552. The third-order valence-corrected chi connectivity index (χ3v) is 3.18. The van der Waals surface area contributed by atoms with E-state index >= 15 is 0 Å². The third-order valence-electron chi connectivity index (χ3n) is 3.18. The minimum absolute atomic E-state index is 0.00360. The van der Waals surface area contributed by atoms with Gasteiger partial charge in [-0.05, 0) is 18.2 Å². The molecule has 21 heavy (non-hydrogen) atoms. The largest absolute Gasteiger partial charge is 0.399 e. The maximum Gasteiger partial charge on any atom is 0.238 e. The fourth-order valence-corrected chi connectivity index (χ4v) is 2.10. The van der Waals surface area contributed by atoms with E-state index in [2.05, 4.69) is 5.32 Å². The quantitative estimate of drug-likeness (QED) is 0.651. The Morgan fingerprint density at radius 1 is 1.48 bits per heavy atom. The molecule has 1 aromatic rings. The lowest BCUT2D eigenvalue weighted by Gasteiger charge is -2.32. The van der Waals surface area contributed by atoms with Crippen LogP contribution in [0.1, 0.15) is 0 Å². The Morgan fingerprint density at radius 2 is 2.24 bits per heavy atom. The maximum atomic E-state index is 13.5. The molecule has 0 radical (unpaired) electrons. The van der Waals surface area contributed by atoms with Crippen LogP contribution in [0, 0.1) is 5.82 Å². The Hall–Kier alpha value is -2.19. The molecule has 5 N–H and O–H groups in total. The predicted molar refractivity (Wildman–Crippen MR) is 74.8 cm³/mol. The second kappa shape index (κ2) is 6.51. The molecule has 7 nitrogen and oxygen atoms in total. The molecule has 1 aromatic carbocycles. The van der Waals surface area contributed by atoms with Crippen LogP contribution in [0.15, 0.2) is 18.2 Å². The fraction of sp³-hybridized carbons (Fsp3) is 0.385. The van der Waals surface area contributed by atoms with E-state index in [-0.39, 0.29) is 18.8 Å². The summed E-state index contributed by atoms with van der Waals surface area (Å²) in [4.78, 5) is 24.9. The number of carbonyl (C=O) groups is 2. The van der Waals surface area contributed by atoms with Gasteiger partial charge in [-0.25, -0.2) is 4.39 Å². The minimum atomic E-state index is -0.657. The van der Waals surface area contributed by atoms with E-state index in [0.29, 0.717) is 18.8 Å². The minimum Gasteiger partial charge on any atom is -0.399 e. The van der Waals surface area contributed by atoms with Crippen LogP contribution in [0.2, 0.25) is 0 Å². The highest BCUT2D eigenvalue weighted by Crippen LogP contribution is 2.17. The first-order valence-electron chi connectivity index (χ1n) is 6.43. The number of rotatable bonds is 4. The zero-order chi connectivity index (χ0) is 15.4. The summed E-state index contributed by atoms with van der Waals surface area (Å²) < 4.78 is 18.7. The lowest BCUT2D eigenvalue weighted by atomic mass is 10.2. The number of benzene rings is 1. The number of nitrogens with one attached hydrogen (secondary N) is 1. The van der Waals surface area contributed by atoms with E-state index in [1.807, 2.05) is 0 Å². The summed E-state index contributed by atoms with van der Waals surface area (Å²) in [5, 5.41) is 2.43. The van der Waals surface area contributed by atoms with Crippen LogP contribution in [0.3, 0.4) is 0 Å². The molecule has 8 heteroatoms. The highest BCUT2D eigenvalue weighted by Gasteiger charge is 2.29. The normalized spacial score (nSPS) is 19.2. The van der Waals surface area contributed by atoms with E-state index in [0.717, 1.165) is 0 Å². The molecule has 0 aliphatic carbocycles. The number of hydrogen-bond donors (Lipinski definition) is 3. The van der Waals surface area contributed by atoms with Crippen molar-refractivity contribution < 1.29 is 18.7 Å². The van der Waals surface area contributed by atoms with Gasteiger partial charge >= 0.3 is 0 Å². The number of nitrogens with two attached hydrogens (primary N) is 2. The zero-order valence-electron chi connectivity index (χ0n) is 11.3. The Kier molecular flexibility index (Phi) is 4.71. The molecule has 1 atom stereocenters. The Balaban J connectivity index is 2.00. The first kappa shape index (κ1) is 15.2. The summed E-state index contributed by atoms with van der Waals surface area (Å²) in [5.74, 6) is -1.59. The smallest absolute Gasteiger partial charge is 0.238 e. The first-order chi connectivity index (χ1) is 9.97. The van der Waals surface area contributed by atoms with Gasteiger partial charge in [0.1, 0.15) is 11.9 Å². The summed E-state index contributed by atoms with van der Waals surface area (Å²) in [6, 6.07) is 3.25. The predicted octanol–water partition coefficient (Wildman–Crippen LogP) is -0.467. The average molecular weight is 296 g/mol. The number of ether oxygens (including phenoxy) is 1. The van der Waals surface area contributed by atoms with Crippen molar-refractivity contribution in [3.63, 3.8) is 0 Å². The van der Waals surface area contributed by atoms with E-state index in [9.17, 15) is 14.0 Å². The van der Waals surface area contributed by atoms with Crippen molar-refractivity contribution in [1.82, 2.24) is 4.90 Å². The summed E-state index contributed by atoms with van der Waals surface area (Å²) in [6.07, 6.45) is 0. The molecule has 0 bridgehead atoms. The molecule has 2 rings (SSSR count). The van der Waals surface area contributed by atoms with E-state index in [1.165, 1.54) is 18.2 Å². The van der Waals surface area contributed by atoms with Gasteiger partial charge in [-0.15, -0.1) is 0 Å². The number of hydrogen-bond acceptors (Lipinski definition) is 5. The number of morpholine rings is 1. The number of nitrogens with zero attached hydrogens (tertiary/aromatic N) is 1. The summed E-state index contributed by atoms with van der Waals surface area (Å²) in [5.41, 5.74) is 11.1. The number of halogens is 1. The SMILES string of the molecule is NC(=O)C1COCCN1CC(=O)Nc1cc(N)ccc1F. The van der Waals surface area contributed by atoms with Gasteiger partial charge in [0.25, 0.3) is 0 Å².